The van der Waals surface area contributed by atoms with Crippen LogP contribution in [0.4, 0.5) is 0 Å². The molecule has 0 amide bonds. The van der Waals surface area contributed by atoms with E-state index in [0.717, 1.165) is 0 Å². The average Bonchev–Trinajstić information content (AvgIpc) is 1.85. The Morgan fingerprint density at radius 1 is 0.909 bits per heavy atom. The predicted molar refractivity (Wildman–Crippen MR) is 52.8 cm³/mol. The first-order valence-electron chi connectivity index (χ1n) is 3.82. The minimum absolute atomic E-state index is 0.375. The van der Waals surface area contributed by atoms with Crippen LogP contribution in [-0.2, 0) is 4.74 Å². The molecule has 0 rings (SSSR count). The van der Waals surface area contributed by atoms with E-state index in [-0.39, 0.29) is 0 Å². The third kappa shape index (κ3) is 25.0. The largest absolute Gasteiger partial charge is 0.376 e. The third-order valence-electron chi connectivity index (χ3n) is 0.616. The highest BCUT2D eigenvalue weighted by molar-refractivity contribution is 6.25. The first-order chi connectivity index (χ1) is 5.04. The monoisotopic (exact) mass is 200 g/mol. The van der Waals surface area contributed by atoms with Crippen LogP contribution < -0.4 is 0 Å². The van der Waals surface area contributed by atoms with Gasteiger partial charge in [0.1, 0.15) is 0 Å². The summed E-state index contributed by atoms with van der Waals surface area (Å²) in [6.45, 7) is 8.17. The van der Waals surface area contributed by atoms with Crippen LogP contribution in [0.15, 0.2) is 0 Å². The number of halogens is 2. The molecule has 0 spiro atoms. The van der Waals surface area contributed by atoms with E-state index >= 15 is 0 Å². The predicted octanol–water partition coefficient (Wildman–Crippen LogP) is 3.28. The van der Waals surface area contributed by atoms with Crippen LogP contribution in [0.25, 0.3) is 0 Å². The van der Waals surface area contributed by atoms with Crippen molar-refractivity contribution in [3.8, 4) is 0 Å². The van der Waals surface area contributed by atoms with Gasteiger partial charge in [0.05, 0.1) is 12.2 Å². The zero-order valence-electron chi connectivity index (χ0n) is 7.73. The Bertz CT molecular complexity index is 57.1. The van der Waals surface area contributed by atoms with E-state index in [4.69, 9.17) is 27.9 Å². The second-order valence-corrected chi connectivity index (χ2v) is 3.37. The molecular weight excluding hydrogens is 183 g/mol. The lowest BCUT2D eigenvalue weighted by Crippen LogP contribution is -2.09. The summed E-state index contributed by atoms with van der Waals surface area (Å²) in [4.78, 5) is 0. The van der Waals surface area contributed by atoms with Crippen LogP contribution in [0, 0.1) is 0 Å². The van der Waals surface area contributed by atoms with Crippen molar-refractivity contribution in [2.75, 3.05) is 11.8 Å². The second kappa shape index (κ2) is 10.5. The summed E-state index contributed by atoms with van der Waals surface area (Å²) in [5.41, 5.74) is 0. The van der Waals surface area contributed by atoms with Crippen molar-refractivity contribution in [3.63, 3.8) is 0 Å². The molecule has 0 saturated carbocycles. The number of rotatable bonds is 3. The summed E-state index contributed by atoms with van der Waals surface area (Å²) in [6, 6.07) is 0. The molecule has 0 heterocycles. The summed E-state index contributed by atoms with van der Waals surface area (Å²) in [6.07, 6.45) is 0.750. The van der Waals surface area contributed by atoms with Gasteiger partial charge in [0.2, 0.25) is 0 Å². The van der Waals surface area contributed by atoms with Gasteiger partial charge in [-0.1, -0.05) is 0 Å². The number of hydrogen-bond acceptors (Lipinski definition) is 1. The molecule has 0 unspecified atom stereocenters. The van der Waals surface area contributed by atoms with Gasteiger partial charge in [-0.05, 0) is 27.7 Å². The van der Waals surface area contributed by atoms with Crippen LogP contribution in [0.2, 0.25) is 0 Å². The van der Waals surface area contributed by atoms with Crippen molar-refractivity contribution in [1.82, 2.24) is 0 Å². The molecule has 1 nitrogen and oxygen atoms in total. The van der Waals surface area contributed by atoms with Gasteiger partial charge >= 0.3 is 0 Å². The number of hydrogen-bond donors (Lipinski definition) is 0. The number of alkyl halides is 2. The van der Waals surface area contributed by atoms with Crippen LogP contribution in [0.5, 0.6) is 0 Å². The molecule has 0 aromatic heterocycles. The van der Waals surface area contributed by atoms with Gasteiger partial charge < -0.3 is 4.74 Å². The quantitative estimate of drug-likeness (QED) is 0.636. The van der Waals surface area contributed by atoms with E-state index in [1.807, 2.05) is 27.7 Å². The zero-order chi connectivity index (χ0) is 9.28. The van der Waals surface area contributed by atoms with Crippen LogP contribution in [0.3, 0.4) is 0 Å². The normalized spacial score (nSPS) is 9.82. The fourth-order valence-corrected chi connectivity index (χ4v) is 0.544. The highest BCUT2D eigenvalue weighted by Gasteiger charge is 1.94. The molecular formula is C8H18Cl2O. The van der Waals surface area contributed by atoms with Crippen molar-refractivity contribution < 1.29 is 4.74 Å². The Hall–Kier alpha value is 0.540. The maximum Gasteiger partial charge on any atom is 0.0522 e. The fraction of sp³-hybridized carbons (Fsp3) is 1.00. The van der Waals surface area contributed by atoms with Crippen LogP contribution in [0.1, 0.15) is 27.7 Å². The SMILES string of the molecule is CC(C)OC(C)C.ClCCCl. The maximum absolute atomic E-state index is 5.25. The van der Waals surface area contributed by atoms with Gasteiger partial charge in [-0.2, -0.15) is 0 Å². The lowest BCUT2D eigenvalue weighted by Gasteiger charge is -2.09. The maximum atomic E-state index is 5.25. The van der Waals surface area contributed by atoms with Gasteiger partial charge in [0.15, 0.2) is 0 Å². The lowest BCUT2D eigenvalue weighted by atomic mass is 10.4. The Labute approximate surface area is 80.0 Å². The van der Waals surface area contributed by atoms with Crippen molar-refractivity contribution in [3.05, 3.63) is 0 Å². The van der Waals surface area contributed by atoms with Gasteiger partial charge in [-0.25, -0.2) is 0 Å². The first kappa shape index (κ1) is 14.1. The third-order valence-corrected chi connectivity index (χ3v) is 1.19. The van der Waals surface area contributed by atoms with Gasteiger partial charge in [-0.15, -0.1) is 23.2 Å². The standard InChI is InChI=1S/C6H14O.C2H4Cl2/c1-5(2)7-6(3)4;3-1-2-4/h5-6H,1-4H3;1-2H2. The molecule has 0 aliphatic carbocycles. The molecule has 0 aromatic rings. The summed E-state index contributed by atoms with van der Waals surface area (Å²) in [5.74, 6) is 1.11. The molecule has 11 heavy (non-hydrogen) atoms. The molecule has 0 N–H and O–H groups in total. The summed E-state index contributed by atoms with van der Waals surface area (Å²) < 4.78 is 5.25. The second-order valence-electron chi connectivity index (χ2n) is 2.61. The van der Waals surface area contributed by atoms with Gasteiger partial charge in [0.25, 0.3) is 0 Å². The first-order valence-corrected chi connectivity index (χ1v) is 4.88. The molecule has 0 aromatic carbocycles. The topological polar surface area (TPSA) is 9.23 Å². The van der Waals surface area contributed by atoms with E-state index in [1.165, 1.54) is 0 Å². The molecule has 0 aliphatic rings. The zero-order valence-corrected chi connectivity index (χ0v) is 9.24. The summed E-state index contributed by atoms with van der Waals surface area (Å²) >= 11 is 10.1. The minimum Gasteiger partial charge on any atom is -0.376 e. The molecule has 0 bridgehead atoms. The van der Waals surface area contributed by atoms with Gasteiger partial charge in [-0.3, -0.25) is 0 Å². The van der Waals surface area contributed by atoms with E-state index in [9.17, 15) is 0 Å². The minimum atomic E-state index is 0.375. The van der Waals surface area contributed by atoms with Crippen molar-refractivity contribution >= 4 is 23.2 Å². The highest BCUT2D eigenvalue weighted by atomic mass is 35.5. The van der Waals surface area contributed by atoms with Crippen LogP contribution >= 0.6 is 23.2 Å². The summed E-state index contributed by atoms with van der Waals surface area (Å²) in [7, 11) is 0. The Morgan fingerprint density at radius 3 is 1.18 bits per heavy atom. The smallest absolute Gasteiger partial charge is 0.0522 e. The molecule has 0 radical (unpaired) electrons. The van der Waals surface area contributed by atoms with E-state index in [1.54, 1.807) is 0 Å². The number of ether oxygens (including phenoxy) is 1. The Balaban J connectivity index is 0. The molecule has 0 fully saturated rings. The Morgan fingerprint density at radius 2 is 1.18 bits per heavy atom. The highest BCUT2D eigenvalue weighted by Crippen LogP contribution is 1.93. The van der Waals surface area contributed by atoms with Crippen LogP contribution in [-0.4, -0.2) is 24.0 Å². The van der Waals surface area contributed by atoms with Crippen molar-refractivity contribution in [1.29, 1.82) is 0 Å². The summed E-state index contributed by atoms with van der Waals surface area (Å²) in [5, 5.41) is 0. The van der Waals surface area contributed by atoms with Gasteiger partial charge in [0, 0.05) is 11.8 Å². The van der Waals surface area contributed by atoms with E-state index in [0.29, 0.717) is 24.0 Å². The van der Waals surface area contributed by atoms with E-state index in [2.05, 4.69) is 0 Å². The molecule has 0 aliphatic heterocycles. The van der Waals surface area contributed by atoms with Crippen molar-refractivity contribution in [2.45, 2.75) is 39.9 Å². The molecule has 0 saturated heterocycles. The molecule has 0 atom stereocenters. The fourth-order valence-electron chi connectivity index (χ4n) is 0.544. The Kier molecular flexibility index (Phi) is 13.5. The molecule has 70 valence electrons. The van der Waals surface area contributed by atoms with Crippen molar-refractivity contribution in [2.24, 2.45) is 0 Å². The lowest BCUT2D eigenvalue weighted by molar-refractivity contribution is 0.0300. The average molecular weight is 201 g/mol. The molecule has 3 heteroatoms. The van der Waals surface area contributed by atoms with E-state index < -0.39 is 0 Å².